The number of anilines is 2. The van der Waals surface area contributed by atoms with E-state index in [1.54, 1.807) is 0 Å². The van der Waals surface area contributed by atoms with Gasteiger partial charge in [0.25, 0.3) is 0 Å². The molecule has 0 bridgehead atoms. The number of hydrogen-bond donors (Lipinski definition) is 4. The average Bonchev–Trinajstić information content (AvgIpc) is 2.62. The number of hydrogen-bond acceptors (Lipinski definition) is 4. The fourth-order valence-electron chi connectivity index (χ4n) is 2.40. The van der Waals surface area contributed by atoms with Crippen molar-refractivity contribution in [2.75, 3.05) is 10.6 Å². The molecule has 0 fully saturated rings. The monoisotopic (exact) mass is 336 g/mol. The van der Waals surface area contributed by atoms with Crippen LogP contribution >= 0.6 is 0 Å². The molecule has 0 saturated heterocycles. The summed E-state index contributed by atoms with van der Waals surface area (Å²) in [5.74, 6) is 1.64. The van der Waals surface area contributed by atoms with E-state index in [4.69, 9.17) is 5.73 Å². The molecule has 0 spiro atoms. The highest BCUT2D eigenvalue weighted by Crippen LogP contribution is 2.16. The molecule has 132 valence electrons. The van der Waals surface area contributed by atoms with E-state index in [-0.39, 0.29) is 6.04 Å². The lowest BCUT2D eigenvalue weighted by atomic mass is 9.99. The second-order valence-electron chi connectivity index (χ2n) is 6.37. The third-order valence-electron chi connectivity index (χ3n) is 4.02. The SMILES string of the molecule is C=C(C(C)C)C(C)NC(Nc1ccccc1)=C(N)Nc1ccccc1. The molecule has 0 aliphatic heterocycles. The summed E-state index contributed by atoms with van der Waals surface area (Å²) in [6.07, 6.45) is 0. The van der Waals surface area contributed by atoms with Crippen LogP contribution < -0.4 is 21.7 Å². The normalized spacial score (nSPS) is 13.0. The van der Waals surface area contributed by atoms with E-state index in [1.165, 1.54) is 0 Å². The van der Waals surface area contributed by atoms with Crippen LogP contribution in [0.2, 0.25) is 0 Å². The van der Waals surface area contributed by atoms with Crippen molar-refractivity contribution in [2.24, 2.45) is 11.7 Å². The van der Waals surface area contributed by atoms with E-state index in [2.05, 4.69) is 43.3 Å². The Bertz CT molecular complexity index is 705. The van der Waals surface area contributed by atoms with Gasteiger partial charge >= 0.3 is 0 Å². The van der Waals surface area contributed by atoms with Gasteiger partial charge in [-0.2, -0.15) is 0 Å². The molecular weight excluding hydrogens is 308 g/mol. The van der Waals surface area contributed by atoms with E-state index in [0.717, 1.165) is 22.8 Å². The van der Waals surface area contributed by atoms with Crippen LogP contribution in [0.5, 0.6) is 0 Å². The highest BCUT2D eigenvalue weighted by atomic mass is 15.2. The number of nitrogens with two attached hydrogens (primary N) is 1. The Balaban J connectivity index is 2.24. The molecule has 0 aliphatic carbocycles. The molecule has 1 unspecified atom stereocenters. The summed E-state index contributed by atoms with van der Waals surface area (Å²) < 4.78 is 0. The average molecular weight is 336 g/mol. The lowest BCUT2D eigenvalue weighted by Crippen LogP contribution is -2.35. The van der Waals surface area contributed by atoms with Crippen LogP contribution in [-0.2, 0) is 0 Å². The molecule has 0 aromatic heterocycles. The summed E-state index contributed by atoms with van der Waals surface area (Å²) >= 11 is 0. The van der Waals surface area contributed by atoms with Gasteiger partial charge in [0.1, 0.15) is 11.6 Å². The van der Waals surface area contributed by atoms with Crippen molar-refractivity contribution < 1.29 is 0 Å². The Hall–Kier alpha value is -2.88. The molecule has 2 aromatic rings. The van der Waals surface area contributed by atoms with Gasteiger partial charge in [0, 0.05) is 17.4 Å². The van der Waals surface area contributed by atoms with Gasteiger partial charge < -0.3 is 21.7 Å². The third-order valence-corrected chi connectivity index (χ3v) is 4.02. The van der Waals surface area contributed by atoms with Gasteiger partial charge in [-0.3, -0.25) is 0 Å². The van der Waals surface area contributed by atoms with Gasteiger partial charge in [-0.25, -0.2) is 0 Å². The van der Waals surface area contributed by atoms with E-state index in [0.29, 0.717) is 11.7 Å². The molecule has 0 saturated carbocycles. The number of benzene rings is 2. The van der Waals surface area contributed by atoms with Crippen LogP contribution in [0.3, 0.4) is 0 Å². The second kappa shape index (κ2) is 8.83. The van der Waals surface area contributed by atoms with Crippen molar-refractivity contribution in [1.82, 2.24) is 5.32 Å². The Morgan fingerprint density at radius 1 is 0.840 bits per heavy atom. The van der Waals surface area contributed by atoms with Crippen LogP contribution in [0, 0.1) is 5.92 Å². The predicted molar refractivity (Wildman–Crippen MR) is 108 cm³/mol. The first-order chi connectivity index (χ1) is 12.0. The summed E-state index contributed by atoms with van der Waals surface area (Å²) in [7, 11) is 0. The van der Waals surface area contributed by atoms with E-state index < -0.39 is 0 Å². The predicted octanol–water partition coefficient (Wildman–Crippen LogP) is 4.49. The van der Waals surface area contributed by atoms with Crippen molar-refractivity contribution >= 4 is 11.4 Å². The lowest BCUT2D eigenvalue weighted by molar-refractivity contribution is 0.606. The minimum absolute atomic E-state index is 0.0855. The third kappa shape index (κ3) is 5.60. The van der Waals surface area contributed by atoms with Crippen molar-refractivity contribution in [2.45, 2.75) is 26.8 Å². The van der Waals surface area contributed by atoms with E-state index in [9.17, 15) is 0 Å². The Morgan fingerprint density at radius 3 is 1.80 bits per heavy atom. The van der Waals surface area contributed by atoms with Crippen LogP contribution in [-0.4, -0.2) is 6.04 Å². The van der Waals surface area contributed by atoms with Crippen molar-refractivity contribution in [3.8, 4) is 0 Å². The molecule has 5 N–H and O–H groups in total. The van der Waals surface area contributed by atoms with Crippen LogP contribution in [0.15, 0.2) is 84.5 Å². The first kappa shape index (κ1) is 18.5. The zero-order chi connectivity index (χ0) is 18.2. The zero-order valence-corrected chi connectivity index (χ0v) is 15.2. The second-order valence-corrected chi connectivity index (χ2v) is 6.37. The van der Waals surface area contributed by atoms with Gasteiger partial charge in [0.05, 0.1) is 0 Å². The fraction of sp³-hybridized carbons (Fsp3) is 0.238. The molecule has 0 aliphatic rings. The molecule has 2 rings (SSSR count). The van der Waals surface area contributed by atoms with E-state index in [1.807, 2.05) is 60.7 Å². The van der Waals surface area contributed by atoms with Crippen LogP contribution in [0.4, 0.5) is 11.4 Å². The Labute approximate surface area is 150 Å². The van der Waals surface area contributed by atoms with Crippen molar-refractivity contribution in [1.29, 1.82) is 0 Å². The zero-order valence-electron chi connectivity index (χ0n) is 15.2. The van der Waals surface area contributed by atoms with Crippen molar-refractivity contribution in [3.05, 3.63) is 84.5 Å². The minimum Gasteiger partial charge on any atom is -0.382 e. The Kier molecular flexibility index (Phi) is 6.52. The molecular formula is C21H28N4. The van der Waals surface area contributed by atoms with Gasteiger partial charge in [0.15, 0.2) is 0 Å². The fourth-order valence-corrected chi connectivity index (χ4v) is 2.40. The van der Waals surface area contributed by atoms with Gasteiger partial charge in [-0.15, -0.1) is 0 Å². The molecule has 4 nitrogen and oxygen atoms in total. The van der Waals surface area contributed by atoms with Gasteiger partial charge in [0.2, 0.25) is 0 Å². The molecule has 25 heavy (non-hydrogen) atoms. The van der Waals surface area contributed by atoms with E-state index >= 15 is 0 Å². The summed E-state index contributed by atoms with van der Waals surface area (Å²) in [4.78, 5) is 0. The summed E-state index contributed by atoms with van der Waals surface area (Å²) in [5.41, 5.74) is 9.36. The standard InChI is InChI=1S/C21H28N4/c1-15(2)16(3)17(4)23-21(25-19-13-9-6-10-14-19)20(22)24-18-11-7-5-8-12-18/h5-15,17,23-25H,3,22H2,1-2,4H3. The minimum atomic E-state index is 0.0855. The number of rotatable bonds is 8. The number of para-hydroxylation sites is 2. The van der Waals surface area contributed by atoms with Crippen LogP contribution in [0.1, 0.15) is 20.8 Å². The first-order valence-electron chi connectivity index (χ1n) is 8.56. The first-order valence-corrected chi connectivity index (χ1v) is 8.56. The van der Waals surface area contributed by atoms with Gasteiger partial charge in [-0.1, -0.05) is 62.4 Å². The number of nitrogens with one attached hydrogen (secondary N) is 3. The van der Waals surface area contributed by atoms with Crippen LogP contribution in [0.25, 0.3) is 0 Å². The summed E-state index contributed by atoms with van der Waals surface area (Å²) in [6.45, 7) is 10.5. The molecule has 2 aromatic carbocycles. The highest BCUT2D eigenvalue weighted by Gasteiger charge is 2.14. The molecule has 0 heterocycles. The van der Waals surface area contributed by atoms with Gasteiger partial charge in [-0.05, 0) is 37.1 Å². The van der Waals surface area contributed by atoms with Crippen molar-refractivity contribution in [3.63, 3.8) is 0 Å². The largest absolute Gasteiger partial charge is 0.382 e. The molecule has 4 heteroatoms. The maximum atomic E-state index is 6.34. The molecule has 0 radical (unpaired) electrons. The topological polar surface area (TPSA) is 62.1 Å². The Morgan fingerprint density at radius 2 is 1.32 bits per heavy atom. The highest BCUT2D eigenvalue weighted by molar-refractivity contribution is 5.53. The molecule has 0 amide bonds. The smallest absolute Gasteiger partial charge is 0.145 e. The maximum Gasteiger partial charge on any atom is 0.145 e. The lowest BCUT2D eigenvalue weighted by Gasteiger charge is -2.25. The quantitative estimate of drug-likeness (QED) is 0.537. The molecule has 1 atom stereocenters. The summed E-state index contributed by atoms with van der Waals surface area (Å²) in [5, 5.41) is 10.1. The maximum absolute atomic E-state index is 6.34. The summed E-state index contributed by atoms with van der Waals surface area (Å²) in [6, 6.07) is 19.9.